The van der Waals surface area contributed by atoms with E-state index in [2.05, 4.69) is 5.32 Å². The lowest BCUT2D eigenvalue weighted by molar-refractivity contribution is -0.116. The number of carbonyl (C=O) groups excluding carboxylic acids is 4. The number of phenolic OH excluding ortho intramolecular Hbond substituents is 1. The van der Waals surface area contributed by atoms with E-state index in [-0.39, 0.29) is 33.7 Å². The molecule has 0 fully saturated rings. The van der Waals surface area contributed by atoms with Gasteiger partial charge in [-0.25, -0.2) is 0 Å². The van der Waals surface area contributed by atoms with Gasteiger partial charge in [0, 0.05) is 54.9 Å². The Morgan fingerprint density at radius 2 is 1.49 bits per heavy atom. The number of amides is 1. The van der Waals surface area contributed by atoms with Crippen molar-refractivity contribution in [2.75, 3.05) is 7.11 Å². The summed E-state index contributed by atoms with van der Waals surface area (Å²) in [6.07, 6.45) is 4.25. The van der Waals surface area contributed by atoms with Gasteiger partial charge in [0.15, 0.2) is 5.78 Å². The maximum absolute atomic E-state index is 13.8. The van der Waals surface area contributed by atoms with E-state index < -0.39 is 88.4 Å². The maximum atomic E-state index is 13.8. The van der Waals surface area contributed by atoms with Gasteiger partial charge in [0.25, 0.3) is 11.7 Å². The zero-order valence-electron chi connectivity index (χ0n) is 27.7. The summed E-state index contributed by atoms with van der Waals surface area (Å²) < 4.78 is 17.2. The van der Waals surface area contributed by atoms with Gasteiger partial charge in [0.2, 0.25) is 5.78 Å². The van der Waals surface area contributed by atoms with Crippen molar-refractivity contribution in [1.29, 1.82) is 0 Å². The molecule has 0 aromatic heterocycles. The van der Waals surface area contributed by atoms with Gasteiger partial charge in [-0.15, -0.1) is 0 Å². The molecule has 5 rings (SSSR count). The second-order valence-corrected chi connectivity index (χ2v) is 12.8. The van der Waals surface area contributed by atoms with Crippen LogP contribution in [0.5, 0.6) is 11.5 Å². The molecule has 5 N–H and O–H groups in total. The van der Waals surface area contributed by atoms with Crippen LogP contribution in [0.2, 0.25) is 0 Å². The number of aromatic hydroxyl groups is 1. The molecule has 12 heteroatoms. The molecule has 9 atom stereocenters. The Morgan fingerprint density at radius 3 is 2.13 bits per heavy atom. The number of hydrogen-bond donors (Lipinski definition) is 5. The van der Waals surface area contributed by atoms with Gasteiger partial charge in [-0.1, -0.05) is 45.9 Å². The van der Waals surface area contributed by atoms with Crippen LogP contribution in [-0.2, 0) is 14.3 Å². The minimum absolute atomic E-state index is 0.0217. The van der Waals surface area contributed by atoms with Crippen molar-refractivity contribution in [3.8, 4) is 11.5 Å². The monoisotopic (exact) mass is 653 g/mol. The summed E-state index contributed by atoms with van der Waals surface area (Å²) in [6, 6.07) is 0. The molecule has 254 valence electrons. The van der Waals surface area contributed by atoms with E-state index in [1.54, 1.807) is 39.8 Å². The van der Waals surface area contributed by atoms with Crippen molar-refractivity contribution >= 4 is 23.3 Å². The van der Waals surface area contributed by atoms with E-state index >= 15 is 0 Å². The van der Waals surface area contributed by atoms with E-state index in [4.69, 9.17) is 14.2 Å². The quantitative estimate of drug-likeness (QED) is 0.300. The number of hydrogen-bond acceptors (Lipinski definition) is 11. The minimum Gasteiger partial charge on any atom is -0.507 e. The number of nitrogens with one attached hydrogen (secondary N) is 1. The van der Waals surface area contributed by atoms with Gasteiger partial charge in [0.1, 0.15) is 11.5 Å². The summed E-state index contributed by atoms with van der Waals surface area (Å²) in [6.45, 7) is 11.0. The zero-order valence-corrected chi connectivity index (χ0v) is 27.7. The molecule has 3 aliphatic heterocycles. The van der Waals surface area contributed by atoms with Gasteiger partial charge in [-0.3, -0.25) is 19.2 Å². The van der Waals surface area contributed by atoms with Crippen molar-refractivity contribution in [2.45, 2.75) is 78.7 Å². The fourth-order valence-electron chi connectivity index (χ4n) is 6.23. The highest BCUT2D eigenvalue weighted by Gasteiger charge is 2.51. The fourth-order valence-corrected chi connectivity index (χ4v) is 6.23. The molecular weight excluding hydrogens is 610 g/mol. The predicted molar refractivity (Wildman–Crippen MR) is 170 cm³/mol. The first-order valence-corrected chi connectivity index (χ1v) is 15.5. The molecular formula is C35H43NO11. The number of ketones is 3. The number of benzene rings is 1. The molecule has 1 aromatic rings. The molecule has 4 aliphatic rings. The van der Waals surface area contributed by atoms with Gasteiger partial charge in [-0.2, -0.15) is 0 Å². The standard InChI is InChI=1S/C35H43NO11/c1-15-10-9-11-16(2)34(44)36-21-14-22(37)24-25(31(21)42)30(41)20(6)32-26(24)33(43)35(7,47-32)46-13-12-23(45-8)17(3)28(39)19(5)29(40)18(4)27(15)38/h9-15,17-19,23,27-29,38-41H,1-8H3,(H,36,44)/b10-9+,13-12+,16-11+/t15-,17+,18+,19-,23-,27-,28+,29+,35-/m0/s1. The Bertz CT molecular complexity index is 1600. The van der Waals surface area contributed by atoms with Crippen molar-refractivity contribution in [3.05, 3.63) is 70.2 Å². The smallest absolute Gasteiger partial charge is 0.312 e. The van der Waals surface area contributed by atoms with Gasteiger partial charge < -0.3 is 40.0 Å². The molecule has 1 aromatic carbocycles. The number of rotatable bonds is 1. The topological polar surface area (TPSA) is 189 Å². The number of aliphatic hydroxyl groups excluding tert-OH is 3. The van der Waals surface area contributed by atoms with Crippen molar-refractivity contribution in [2.24, 2.45) is 23.7 Å². The maximum Gasteiger partial charge on any atom is 0.312 e. The third kappa shape index (κ3) is 6.42. The highest BCUT2D eigenvalue weighted by molar-refractivity contribution is 6.30. The minimum atomic E-state index is -2.00. The third-order valence-electron chi connectivity index (χ3n) is 9.54. The molecule has 3 heterocycles. The summed E-state index contributed by atoms with van der Waals surface area (Å²) in [7, 11) is 1.42. The van der Waals surface area contributed by atoms with E-state index in [1.165, 1.54) is 46.3 Å². The molecule has 0 radical (unpaired) electrons. The zero-order chi connectivity index (χ0) is 35.1. The second-order valence-electron chi connectivity index (χ2n) is 12.8. The average molecular weight is 654 g/mol. The molecule has 47 heavy (non-hydrogen) atoms. The van der Waals surface area contributed by atoms with Crippen LogP contribution in [0, 0.1) is 30.6 Å². The highest BCUT2D eigenvalue weighted by Crippen LogP contribution is 2.47. The summed E-state index contributed by atoms with van der Waals surface area (Å²) in [4.78, 5) is 53.7. The van der Waals surface area contributed by atoms with E-state index in [0.717, 1.165) is 6.08 Å². The fraction of sp³-hybridized carbons (Fsp3) is 0.486. The number of fused-ring (bicyclic) bond motifs is 14. The van der Waals surface area contributed by atoms with Crippen molar-refractivity contribution in [3.63, 3.8) is 0 Å². The predicted octanol–water partition coefficient (Wildman–Crippen LogP) is 3.06. The van der Waals surface area contributed by atoms with Crippen LogP contribution in [0.3, 0.4) is 0 Å². The van der Waals surface area contributed by atoms with E-state index in [1.807, 2.05) is 0 Å². The van der Waals surface area contributed by atoms with Crippen LogP contribution in [0.4, 0.5) is 0 Å². The Balaban J connectivity index is 1.80. The van der Waals surface area contributed by atoms with E-state index in [0.29, 0.717) is 0 Å². The number of Topliss-reactive ketones (excluding diaryl/α,β-unsaturated/α-hetero) is 2. The first-order valence-electron chi connectivity index (χ1n) is 15.5. The normalized spacial score (nSPS) is 36.1. The Hall–Kier alpha value is -4.10. The number of aliphatic hydroxyl groups is 3. The van der Waals surface area contributed by atoms with Crippen LogP contribution in [-0.4, -0.2) is 81.0 Å². The first-order chi connectivity index (χ1) is 22.0. The molecule has 5 bridgehead atoms. The Morgan fingerprint density at radius 1 is 0.872 bits per heavy atom. The van der Waals surface area contributed by atoms with Gasteiger partial charge >= 0.3 is 5.79 Å². The molecule has 0 saturated carbocycles. The lowest BCUT2D eigenvalue weighted by Crippen LogP contribution is -2.44. The molecule has 0 saturated heterocycles. The molecule has 0 unspecified atom stereocenters. The van der Waals surface area contributed by atoms with Crippen LogP contribution >= 0.6 is 0 Å². The molecule has 0 spiro atoms. The third-order valence-corrected chi connectivity index (χ3v) is 9.54. The lowest BCUT2D eigenvalue weighted by atomic mass is 9.78. The summed E-state index contributed by atoms with van der Waals surface area (Å²) in [5.41, 5.74) is -1.24. The second kappa shape index (κ2) is 13.6. The first kappa shape index (κ1) is 35.7. The number of phenols is 1. The molecule has 12 nitrogen and oxygen atoms in total. The van der Waals surface area contributed by atoms with E-state index in [9.17, 15) is 39.6 Å². The lowest BCUT2D eigenvalue weighted by Gasteiger charge is -2.36. The van der Waals surface area contributed by atoms with Crippen LogP contribution in [0.25, 0.3) is 0 Å². The number of allylic oxidation sites excluding steroid dienone is 4. The van der Waals surface area contributed by atoms with Gasteiger partial charge in [0.05, 0.1) is 53.1 Å². The highest BCUT2D eigenvalue weighted by atomic mass is 16.7. The number of carbonyl (C=O) groups is 4. The molecule has 1 aliphatic carbocycles. The van der Waals surface area contributed by atoms with Crippen molar-refractivity contribution < 1.29 is 53.8 Å². The summed E-state index contributed by atoms with van der Waals surface area (Å²) in [5, 5.41) is 46.8. The van der Waals surface area contributed by atoms with Crippen LogP contribution < -0.4 is 10.1 Å². The largest absolute Gasteiger partial charge is 0.507 e. The summed E-state index contributed by atoms with van der Waals surface area (Å²) in [5.74, 6) is -8.23. The van der Waals surface area contributed by atoms with Gasteiger partial charge in [-0.05, 0) is 19.9 Å². The number of methoxy groups -OCH3 is 1. The number of ether oxygens (including phenoxy) is 3. The van der Waals surface area contributed by atoms with Crippen LogP contribution in [0.1, 0.15) is 78.2 Å². The Labute approximate surface area is 273 Å². The SMILES string of the molecule is CO[C@H]1/C=C/O[C@@]2(C)Oc3c(C)c(O)c4c(c3C2=O)C(=O)C=C(NC(=O)/C(C)=C/C=C/[C@H](C)[C@H](O)[C@@H](C)[C@@H](O)[C@@H](C)[C@H](O)[C@@H]1C)C4=O. The molecule has 1 amide bonds. The van der Waals surface area contributed by atoms with Crippen LogP contribution in [0.15, 0.2) is 47.9 Å². The average Bonchev–Trinajstić information content (AvgIpc) is 3.30. The summed E-state index contributed by atoms with van der Waals surface area (Å²) >= 11 is 0. The Kier molecular flexibility index (Phi) is 10.3. The van der Waals surface area contributed by atoms with Crippen molar-refractivity contribution in [1.82, 2.24) is 5.32 Å².